The number of aryl methyl sites for hydroxylation is 1. The van der Waals surface area contributed by atoms with Gasteiger partial charge in [-0.3, -0.25) is 24.4 Å². The highest BCUT2D eigenvalue weighted by molar-refractivity contribution is 5.95. The molecular formula is C41H44F3N9O6. The van der Waals surface area contributed by atoms with E-state index in [0.29, 0.717) is 56.0 Å². The number of urea groups is 1. The molecule has 2 aromatic carbocycles. The van der Waals surface area contributed by atoms with Crippen LogP contribution in [0.4, 0.5) is 23.7 Å². The normalized spacial score (nSPS) is 13.2. The number of aliphatic carboxylic acids is 1. The fourth-order valence-corrected chi connectivity index (χ4v) is 6.08. The molecule has 0 saturated carbocycles. The third kappa shape index (κ3) is 11.2. The number of carbonyl (C=O) groups excluding carboxylic acids is 3. The van der Waals surface area contributed by atoms with Crippen molar-refractivity contribution in [3.05, 3.63) is 107 Å². The highest BCUT2D eigenvalue weighted by atomic mass is 19.4. The first kappa shape index (κ1) is 43.4. The molecule has 6 rings (SSSR count). The Labute approximate surface area is 336 Å². The fraction of sp³-hybridized carbons (Fsp3) is 0.317. The van der Waals surface area contributed by atoms with Crippen LogP contribution in [0.5, 0.6) is 0 Å². The van der Waals surface area contributed by atoms with E-state index in [-0.39, 0.29) is 29.3 Å². The second-order valence-corrected chi connectivity index (χ2v) is 14.2. The maximum atomic E-state index is 14.0. The molecule has 0 aliphatic carbocycles. The molecule has 0 saturated heterocycles. The zero-order valence-electron chi connectivity index (χ0n) is 32.5. The van der Waals surface area contributed by atoms with Crippen molar-refractivity contribution in [2.24, 2.45) is 11.7 Å². The van der Waals surface area contributed by atoms with E-state index in [1.165, 1.54) is 4.68 Å². The number of hydrogen-bond donors (Lipinski definition) is 5. The summed E-state index contributed by atoms with van der Waals surface area (Å²) in [5, 5.41) is 21.2. The van der Waals surface area contributed by atoms with E-state index in [1.54, 1.807) is 36.5 Å². The van der Waals surface area contributed by atoms with Gasteiger partial charge in [-0.25, -0.2) is 14.3 Å². The van der Waals surface area contributed by atoms with Gasteiger partial charge in [0.15, 0.2) is 0 Å². The van der Waals surface area contributed by atoms with E-state index in [4.69, 9.17) is 20.7 Å². The number of benzene rings is 2. The second-order valence-electron chi connectivity index (χ2n) is 14.2. The minimum Gasteiger partial charge on any atom is -0.475 e. The van der Waals surface area contributed by atoms with Crippen molar-refractivity contribution in [1.29, 1.82) is 0 Å². The number of nitrogens with two attached hydrogens (primary N) is 1. The van der Waals surface area contributed by atoms with Crippen molar-refractivity contribution in [1.82, 2.24) is 35.3 Å². The van der Waals surface area contributed by atoms with E-state index in [1.807, 2.05) is 74.5 Å². The van der Waals surface area contributed by atoms with Gasteiger partial charge in [-0.05, 0) is 78.8 Å². The van der Waals surface area contributed by atoms with Crippen molar-refractivity contribution < 1.29 is 37.5 Å². The molecule has 1 aliphatic heterocycles. The molecule has 2 unspecified atom stereocenters. The molecular weight excluding hydrogens is 772 g/mol. The Morgan fingerprint density at radius 1 is 0.898 bits per heavy atom. The molecule has 0 radical (unpaired) electrons. The van der Waals surface area contributed by atoms with Crippen LogP contribution in [0.25, 0.3) is 33.3 Å². The second kappa shape index (κ2) is 19.2. The molecule has 59 heavy (non-hydrogen) atoms. The summed E-state index contributed by atoms with van der Waals surface area (Å²) in [5.41, 5.74) is 11.8. The Balaban J connectivity index is 0.000000867. The highest BCUT2D eigenvalue weighted by Crippen LogP contribution is 2.29. The van der Waals surface area contributed by atoms with E-state index in [9.17, 15) is 32.3 Å². The maximum absolute atomic E-state index is 14.0. The average Bonchev–Trinajstić information content (AvgIpc) is 3.66. The van der Waals surface area contributed by atoms with Gasteiger partial charge in [0, 0.05) is 61.4 Å². The predicted molar refractivity (Wildman–Crippen MR) is 214 cm³/mol. The van der Waals surface area contributed by atoms with Crippen LogP contribution in [0.15, 0.2) is 90.1 Å². The number of amides is 4. The Morgan fingerprint density at radius 3 is 2.29 bits per heavy atom. The molecule has 4 amide bonds. The van der Waals surface area contributed by atoms with Gasteiger partial charge in [-0.1, -0.05) is 44.2 Å². The lowest BCUT2D eigenvalue weighted by Gasteiger charge is -2.19. The molecule has 15 nitrogen and oxygen atoms in total. The fourth-order valence-electron chi connectivity index (χ4n) is 6.08. The van der Waals surface area contributed by atoms with Gasteiger partial charge < -0.3 is 31.7 Å². The van der Waals surface area contributed by atoms with Gasteiger partial charge >= 0.3 is 18.2 Å². The van der Waals surface area contributed by atoms with Crippen molar-refractivity contribution in [2.75, 3.05) is 11.9 Å². The highest BCUT2D eigenvalue weighted by Gasteiger charge is 2.38. The first-order valence-electron chi connectivity index (χ1n) is 18.7. The van der Waals surface area contributed by atoms with Gasteiger partial charge in [0.05, 0.1) is 22.8 Å². The number of fused-ring (bicyclic) bond motifs is 2. The van der Waals surface area contributed by atoms with Crippen LogP contribution in [-0.2, 0) is 34.0 Å². The number of alkyl halides is 3. The molecule has 4 heterocycles. The Kier molecular flexibility index (Phi) is 14.1. The van der Waals surface area contributed by atoms with Crippen LogP contribution in [0, 0.1) is 5.92 Å². The summed E-state index contributed by atoms with van der Waals surface area (Å²) in [4.78, 5) is 71.1. The number of carboxylic acid groups (broad SMARTS) is 1. The van der Waals surface area contributed by atoms with E-state index in [0.717, 1.165) is 33.2 Å². The predicted octanol–water partition coefficient (Wildman–Crippen LogP) is 5.09. The minimum absolute atomic E-state index is 0.0481. The van der Waals surface area contributed by atoms with E-state index < -0.39 is 24.2 Å². The zero-order valence-corrected chi connectivity index (χ0v) is 32.5. The van der Waals surface area contributed by atoms with Crippen LogP contribution >= 0.6 is 0 Å². The summed E-state index contributed by atoms with van der Waals surface area (Å²) in [5.74, 6) is -3.48. The third-order valence-corrected chi connectivity index (χ3v) is 9.47. The van der Waals surface area contributed by atoms with Crippen LogP contribution < -0.4 is 27.2 Å². The van der Waals surface area contributed by atoms with Gasteiger partial charge in [-0.2, -0.15) is 18.3 Å². The van der Waals surface area contributed by atoms with Crippen molar-refractivity contribution in [2.45, 2.75) is 71.5 Å². The topological polar surface area (TPSA) is 215 Å². The Bertz CT molecular complexity index is 2340. The number of halogens is 3. The lowest BCUT2D eigenvalue weighted by atomic mass is 10.00. The van der Waals surface area contributed by atoms with Crippen LogP contribution in [0.3, 0.4) is 0 Å². The quantitative estimate of drug-likeness (QED) is 0.105. The van der Waals surface area contributed by atoms with Crippen LogP contribution in [0.1, 0.15) is 44.7 Å². The van der Waals surface area contributed by atoms with Crippen molar-refractivity contribution in [3.63, 3.8) is 0 Å². The molecule has 0 spiro atoms. The number of pyridine rings is 2. The molecule has 18 heteroatoms. The van der Waals surface area contributed by atoms with Crippen LogP contribution in [0.2, 0.25) is 0 Å². The van der Waals surface area contributed by atoms with Crippen molar-refractivity contribution in [3.8, 4) is 22.4 Å². The van der Waals surface area contributed by atoms with E-state index >= 15 is 0 Å². The molecule has 2 atom stereocenters. The lowest BCUT2D eigenvalue weighted by molar-refractivity contribution is -0.192. The summed E-state index contributed by atoms with van der Waals surface area (Å²) in [6.45, 7) is 7.01. The maximum Gasteiger partial charge on any atom is 0.490 e. The standard InChI is InChI=1S/C39H43N9O4.C2HF3O2/c1-24(2)35(40)37(50)44-25(3)36(49)43-16-4-5-19-48-38(51)32(30-8-6-10-33-31(30)9-7-17-42-33)20-34(46-48)26-11-13-29(14-12-26)45-39(52)47-22-27-15-18-41-21-28(27)23-47;3-2(4,5)1(6)7/h6-15,17-18,20-21,24-25,35H,4-5,16,19,22-23,40H2,1-3H3,(H,43,49)(H,44,50)(H,45,52);(H,6,7). The summed E-state index contributed by atoms with van der Waals surface area (Å²) >= 11 is 0. The molecule has 3 aromatic heterocycles. The monoisotopic (exact) mass is 815 g/mol. The number of hydrogen-bond acceptors (Lipinski definition) is 9. The summed E-state index contributed by atoms with van der Waals surface area (Å²) in [6, 6.07) is 19.0. The number of nitrogens with zero attached hydrogens (tertiary/aromatic N) is 5. The molecule has 310 valence electrons. The molecule has 6 N–H and O–H groups in total. The largest absolute Gasteiger partial charge is 0.490 e. The Hall–Kier alpha value is -6.69. The number of unbranched alkanes of at least 4 members (excludes halogenated alkanes) is 1. The first-order valence-corrected chi connectivity index (χ1v) is 18.7. The SMILES string of the molecule is CC(NC(=O)C(N)C(C)C)C(=O)NCCCCn1nc(-c2ccc(NC(=O)N3Cc4ccncc4C3)cc2)cc(-c2cccc3ncccc23)c1=O.O=C(O)C(F)(F)F. The summed E-state index contributed by atoms with van der Waals surface area (Å²) in [6.07, 6.45) is 1.30. The lowest BCUT2D eigenvalue weighted by Crippen LogP contribution is -2.51. The van der Waals surface area contributed by atoms with Gasteiger partial charge in [0.2, 0.25) is 11.8 Å². The smallest absolute Gasteiger partial charge is 0.475 e. The molecule has 1 aliphatic rings. The van der Waals surface area contributed by atoms with Crippen molar-refractivity contribution >= 4 is 40.4 Å². The van der Waals surface area contributed by atoms with Crippen LogP contribution in [-0.4, -0.2) is 78.4 Å². The molecule has 0 bridgehead atoms. The first-order chi connectivity index (χ1) is 28.0. The number of rotatable bonds is 12. The molecule has 0 fully saturated rings. The minimum atomic E-state index is -5.08. The number of carboxylic acids is 1. The average molecular weight is 816 g/mol. The Morgan fingerprint density at radius 2 is 1.61 bits per heavy atom. The van der Waals surface area contributed by atoms with Gasteiger partial charge in [-0.15, -0.1) is 0 Å². The number of aromatic nitrogens is 4. The zero-order chi connectivity index (χ0) is 42.9. The third-order valence-electron chi connectivity index (χ3n) is 9.47. The van der Waals surface area contributed by atoms with Gasteiger partial charge in [0.25, 0.3) is 5.56 Å². The summed E-state index contributed by atoms with van der Waals surface area (Å²) < 4.78 is 33.2. The molecule has 5 aromatic rings. The number of carbonyl (C=O) groups is 4. The van der Waals surface area contributed by atoms with E-state index in [2.05, 4.69) is 25.9 Å². The van der Waals surface area contributed by atoms with Gasteiger partial charge in [0.1, 0.15) is 6.04 Å². The number of anilines is 1. The summed E-state index contributed by atoms with van der Waals surface area (Å²) in [7, 11) is 0. The number of nitrogens with one attached hydrogen (secondary N) is 3.